The van der Waals surface area contributed by atoms with Gasteiger partial charge in [-0.2, -0.15) is 0 Å². The van der Waals surface area contributed by atoms with Gasteiger partial charge in [0.1, 0.15) is 5.69 Å². The van der Waals surface area contributed by atoms with Crippen molar-refractivity contribution in [3.63, 3.8) is 0 Å². The molecule has 1 spiro atoms. The molecule has 0 N–H and O–H groups in total. The second-order valence-corrected chi connectivity index (χ2v) is 7.75. The molecule has 2 aliphatic heterocycles. The van der Waals surface area contributed by atoms with Gasteiger partial charge in [0, 0.05) is 32.4 Å². The van der Waals surface area contributed by atoms with Gasteiger partial charge in [-0.25, -0.2) is 0 Å². The number of pyridine rings is 1. The van der Waals surface area contributed by atoms with Crippen LogP contribution in [0.25, 0.3) is 0 Å². The lowest BCUT2D eigenvalue weighted by atomic mass is 9.75. The molecule has 2 fully saturated rings. The Morgan fingerprint density at radius 2 is 1.81 bits per heavy atom. The number of benzene rings is 1. The molecule has 140 valence electrons. The van der Waals surface area contributed by atoms with Crippen LogP contribution in [0, 0.1) is 5.41 Å². The molecule has 0 aliphatic carbocycles. The molecule has 0 bridgehead atoms. The minimum absolute atomic E-state index is 0.0370. The number of rotatable bonds is 3. The Labute approximate surface area is 160 Å². The number of hydrogen-bond donors (Lipinski definition) is 0. The molecule has 3 heterocycles. The summed E-state index contributed by atoms with van der Waals surface area (Å²) < 4.78 is 0. The average Bonchev–Trinajstić information content (AvgIpc) is 2.94. The summed E-state index contributed by atoms with van der Waals surface area (Å²) in [4.78, 5) is 33.6. The Balaban J connectivity index is 1.43. The van der Waals surface area contributed by atoms with Gasteiger partial charge in [0.15, 0.2) is 0 Å². The Bertz CT molecular complexity index is 814. The Morgan fingerprint density at radius 1 is 1.11 bits per heavy atom. The van der Waals surface area contributed by atoms with Crippen LogP contribution in [0.1, 0.15) is 35.3 Å². The van der Waals surface area contributed by atoms with E-state index in [0.717, 1.165) is 25.7 Å². The third-order valence-corrected chi connectivity index (χ3v) is 6.15. The molecule has 5 heteroatoms. The molecule has 0 radical (unpaired) electrons. The first-order chi connectivity index (χ1) is 13.1. The van der Waals surface area contributed by atoms with Crippen LogP contribution in [-0.2, 0) is 11.2 Å². The Kier molecular flexibility index (Phi) is 4.68. The lowest BCUT2D eigenvalue weighted by Gasteiger charge is -2.37. The highest BCUT2D eigenvalue weighted by Crippen LogP contribution is 2.44. The smallest absolute Gasteiger partial charge is 0.272 e. The van der Waals surface area contributed by atoms with Gasteiger partial charge in [0.05, 0.1) is 5.41 Å². The lowest BCUT2D eigenvalue weighted by molar-refractivity contribution is -0.137. The second-order valence-electron chi connectivity index (χ2n) is 7.75. The van der Waals surface area contributed by atoms with Gasteiger partial charge < -0.3 is 9.80 Å². The zero-order valence-electron chi connectivity index (χ0n) is 15.7. The first-order valence-corrected chi connectivity index (χ1v) is 9.61. The number of carbonyl (C=O) groups excluding carboxylic acids is 2. The predicted octanol–water partition coefficient (Wildman–Crippen LogP) is 2.78. The summed E-state index contributed by atoms with van der Waals surface area (Å²) in [7, 11) is 1.93. The molecule has 2 aromatic rings. The van der Waals surface area contributed by atoms with E-state index in [4.69, 9.17) is 0 Å². The maximum absolute atomic E-state index is 13.0. The van der Waals surface area contributed by atoms with Gasteiger partial charge in [0.25, 0.3) is 5.91 Å². The van der Waals surface area contributed by atoms with Crippen molar-refractivity contribution in [2.75, 3.05) is 20.1 Å². The van der Waals surface area contributed by atoms with E-state index in [1.165, 1.54) is 5.56 Å². The summed E-state index contributed by atoms with van der Waals surface area (Å²) in [5.74, 6) is 0.207. The molecule has 2 aliphatic rings. The fourth-order valence-corrected chi connectivity index (χ4v) is 4.52. The van der Waals surface area contributed by atoms with Gasteiger partial charge in [-0.3, -0.25) is 14.6 Å². The topological polar surface area (TPSA) is 53.5 Å². The van der Waals surface area contributed by atoms with Crippen LogP contribution in [0.2, 0.25) is 0 Å². The van der Waals surface area contributed by atoms with E-state index >= 15 is 0 Å². The van der Waals surface area contributed by atoms with Crippen LogP contribution in [0.4, 0.5) is 0 Å². The fourth-order valence-electron chi connectivity index (χ4n) is 4.52. The second kappa shape index (κ2) is 7.14. The van der Waals surface area contributed by atoms with E-state index in [0.29, 0.717) is 18.8 Å². The third-order valence-electron chi connectivity index (χ3n) is 6.15. The summed E-state index contributed by atoms with van der Waals surface area (Å²) in [5.41, 5.74) is 1.43. The SMILES string of the molecule is CN1C(=O)C2(CCN(C(=O)c3ccccn3)CC2)C[C@H]1Cc1ccccc1. The summed E-state index contributed by atoms with van der Waals surface area (Å²) in [5, 5.41) is 0. The molecular weight excluding hydrogens is 338 g/mol. The normalized spacial score (nSPS) is 21.7. The van der Waals surface area contributed by atoms with E-state index < -0.39 is 0 Å². The molecule has 5 nitrogen and oxygen atoms in total. The van der Waals surface area contributed by atoms with Crippen LogP contribution in [-0.4, -0.2) is 52.8 Å². The number of carbonyl (C=O) groups is 2. The summed E-state index contributed by atoms with van der Waals surface area (Å²) in [6.07, 6.45) is 4.88. The highest BCUT2D eigenvalue weighted by atomic mass is 16.2. The number of likely N-dealkylation sites (tertiary alicyclic amines) is 2. The van der Waals surface area contributed by atoms with Crippen LogP contribution in [0.3, 0.4) is 0 Å². The fraction of sp³-hybridized carbons (Fsp3) is 0.409. The highest BCUT2D eigenvalue weighted by molar-refractivity contribution is 5.92. The van der Waals surface area contributed by atoms with Crippen molar-refractivity contribution < 1.29 is 9.59 Å². The first-order valence-electron chi connectivity index (χ1n) is 9.61. The van der Waals surface area contributed by atoms with Gasteiger partial charge in [-0.05, 0) is 43.4 Å². The van der Waals surface area contributed by atoms with Crippen LogP contribution >= 0.6 is 0 Å². The standard InChI is InChI=1S/C22H25N3O2/c1-24-18(15-17-7-3-2-4-8-17)16-22(21(24)27)10-13-25(14-11-22)20(26)19-9-5-6-12-23-19/h2-9,12,18H,10-11,13-16H2,1H3/t18-/m1/s1. The van der Waals surface area contributed by atoms with E-state index in [-0.39, 0.29) is 23.3 Å². The quantitative estimate of drug-likeness (QED) is 0.843. The molecule has 0 unspecified atom stereocenters. The molecule has 27 heavy (non-hydrogen) atoms. The molecule has 4 rings (SSSR count). The maximum atomic E-state index is 13.0. The van der Waals surface area contributed by atoms with Crippen LogP contribution in [0.15, 0.2) is 54.7 Å². The molecule has 0 saturated carbocycles. The number of nitrogens with zero attached hydrogens (tertiary/aromatic N) is 3. The molecule has 1 aromatic heterocycles. The minimum Gasteiger partial charge on any atom is -0.342 e. The molecule has 1 aromatic carbocycles. The monoisotopic (exact) mass is 363 g/mol. The highest BCUT2D eigenvalue weighted by Gasteiger charge is 2.51. The predicted molar refractivity (Wildman–Crippen MR) is 103 cm³/mol. The minimum atomic E-state index is -0.310. The first kappa shape index (κ1) is 17.7. The Hall–Kier alpha value is -2.69. The molecular formula is C22H25N3O2. The average molecular weight is 363 g/mol. The molecule has 2 amide bonds. The van der Waals surface area contributed by atoms with Crippen molar-refractivity contribution in [3.8, 4) is 0 Å². The number of aromatic nitrogens is 1. The van der Waals surface area contributed by atoms with E-state index in [1.54, 1.807) is 12.3 Å². The van der Waals surface area contributed by atoms with Crippen molar-refractivity contribution >= 4 is 11.8 Å². The largest absolute Gasteiger partial charge is 0.342 e. The van der Waals surface area contributed by atoms with E-state index in [2.05, 4.69) is 17.1 Å². The molecule has 1 atom stereocenters. The summed E-state index contributed by atoms with van der Waals surface area (Å²) >= 11 is 0. The third kappa shape index (κ3) is 3.34. The van der Waals surface area contributed by atoms with Crippen LogP contribution in [0.5, 0.6) is 0 Å². The summed E-state index contributed by atoms with van der Waals surface area (Å²) in [6.45, 7) is 1.24. The number of piperidine rings is 1. The van der Waals surface area contributed by atoms with Crippen molar-refractivity contribution in [2.24, 2.45) is 5.41 Å². The maximum Gasteiger partial charge on any atom is 0.272 e. The van der Waals surface area contributed by atoms with E-state index in [9.17, 15) is 9.59 Å². The van der Waals surface area contributed by atoms with Crippen LogP contribution < -0.4 is 0 Å². The van der Waals surface area contributed by atoms with Gasteiger partial charge in [0.2, 0.25) is 5.91 Å². The van der Waals surface area contributed by atoms with E-state index in [1.807, 2.05) is 47.2 Å². The summed E-state index contributed by atoms with van der Waals surface area (Å²) in [6, 6.07) is 16.0. The van der Waals surface area contributed by atoms with Crippen molar-refractivity contribution in [2.45, 2.75) is 31.7 Å². The number of amides is 2. The van der Waals surface area contributed by atoms with Gasteiger partial charge in [-0.15, -0.1) is 0 Å². The Morgan fingerprint density at radius 3 is 2.48 bits per heavy atom. The lowest BCUT2D eigenvalue weighted by Crippen LogP contribution is -2.46. The zero-order valence-corrected chi connectivity index (χ0v) is 15.7. The van der Waals surface area contributed by atoms with Gasteiger partial charge in [-0.1, -0.05) is 36.4 Å². The number of hydrogen-bond acceptors (Lipinski definition) is 3. The van der Waals surface area contributed by atoms with Gasteiger partial charge >= 0.3 is 0 Å². The molecule has 2 saturated heterocycles. The van der Waals surface area contributed by atoms with Crippen molar-refractivity contribution in [3.05, 3.63) is 66.0 Å². The van der Waals surface area contributed by atoms with Crippen molar-refractivity contribution in [1.29, 1.82) is 0 Å². The zero-order chi connectivity index (χ0) is 18.9. The number of likely N-dealkylation sites (N-methyl/N-ethyl adjacent to an activating group) is 1. The van der Waals surface area contributed by atoms with Crippen molar-refractivity contribution in [1.82, 2.24) is 14.8 Å².